The van der Waals surface area contributed by atoms with Gasteiger partial charge >= 0.3 is 6.18 Å². The fourth-order valence-corrected chi connectivity index (χ4v) is 3.03. The fourth-order valence-electron chi connectivity index (χ4n) is 2.80. The third-order valence-electron chi connectivity index (χ3n) is 4.20. The molecule has 0 bridgehead atoms. The van der Waals surface area contributed by atoms with Gasteiger partial charge in [0.2, 0.25) is 5.91 Å². The van der Waals surface area contributed by atoms with Gasteiger partial charge in [0, 0.05) is 30.4 Å². The van der Waals surface area contributed by atoms with Crippen LogP contribution in [0.3, 0.4) is 0 Å². The third-order valence-corrected chi connectivity index (χ3v) is 4.53. The van der Waals surface area contributed by atoms with Gasteiger partial charge in [0.15, 0.2) is 0 Å². The maximum Gasteiger partial charge on any atom is 0.417 e. The van der Waals surface area contributed by atoms with Crippen LogP contribution in [0.25, 0.3) is 0 Å². The number of anilines is 2. The summed E-state index contributed by atoms with van der Waals surface area (Å²) in [6.07, 6.45) is -4.70. The number of nitro benzene ring substituents is 1. The molecule has 2 N–H and O–H groups in total. The summed E-state index contributed by atoms with van der Waals surface area (Å²) in [5.74, 6) is -1.20. The van der Waals surface area contributed by atoms with Crippen LogP contribution in [0.4, 0.5) is 30.2 Å². The Morgan fingerprint density at radius 2 is 1.84 bits per heavy atom. The van der Waals surface area contributed by atoms with Crippen LogP contribution in [0.15, 0.2) is 36.4 Å². The minimum atomic E-state index is -4.70. The van der Waals surface area contributed by atoms with E-state index >= 15 is 0 Å². The standard InChI is InChI=1S/C20H20ClF3N4O4/c1-11(2)25-19(30)12-4-7-16(17(8-12)28(31)32)27(3)10-18(29)26-13-5-6-15(21)14(9-13)20(22,23)24/h4-9,11H,10H2,1-3H3,(H,25,30)(H,26,29). The maximum absolute atomic E-state index is 13.0. The monoisotopic (exact) mass is 472 g/mol. The Balaban J connectivity index is 2.20. The van der Waals surface area contributed by atoms with Crippen molar-refractivity contribution in [1.82, 2.24) is 5.32 Å². The normalized spacial score (nSPS) is 11.2. The zero-order chi connectivity index (χ0) is 24.2. The molecule has 8 nitrogen and oxygen atoms in total. The van der Waals surface area contributed by atoms with E-state index in [4.69, 9.17) is 11.6 Å². The Bertz CT molecular complexity index is 1040. The van der Waals surface area contributed by atoms with E-state index in [0.717, 1.165) is 12.1 Å². The first-order valence-electron chi connectivity index (χ1n) is 9.26. The average Bonchev–Trinajstić information content (AvgIpc) is 2.67. The molecule has 0 aromatic heterocycles. The van der Waals surface area contributed by atoms with E-state index in [2.05, 4.69) is 10.6 Å². The number of amides is 2. The van der Waals surface area contributed by atoms with Crippen LogP contribution in [0.2, 0.25) is 5.02 Å². The zero-order valence-corrected chi connectivity index (χ0v) is 18.0. The van der Waals surface area contributed by atoms with Gasteiger partial charge in [0.05, 0.1) is 22.1 Å². The summed E-state index contributed by atoms with van der Waals surface area (Å²) in [5.41, 5.74) is -1.50. The Hall–Kier alpha value is -3.34. The highest BCUT2D eigenvalue weighted by atomic mass is 35.5. The third kappa shape index (κ3) is 6.33. The summed E-state index contributed by atoms with van der Waals surface area (Å²) in [6.45, 7) is 3.08. The summed E-state index contributed by atoms with van der Waals surface area (Å²) in [5, 5.41) is 15.9. The van der Waals surface area contributed by atoms with E-state index in [1.165, 1.54) is 30.1 Å². The molecule has 0 aliphatic carbocycles. The molecule has 2 aromatic rings. The van der Waals surface area contributed by atoms with E-state index in [1.807, 2.05) is 0 Å². The number of carbonyl (C=O) groups is 2. The molecule has 0 heterocycles. The summed E-state index contributed by atoms with van der Waals surface area (Å²) < 4.78 is 38.9. The second kappa shape index (κ2) is 9.86. The largest absolute Gasteiger partial charge is 0.417 e. The van der Waals surface area contributed by atoms with Gasteiger partial charge in [-0.15, -0.1) is 0 Å². The number of nitrogens with one attached hydrogen (secondary N) is 2. The van der Waals surface area contributed by atoms with E-state index in [9.17, 15) is 32.9 Å². The van der Waals surface area contributed by atoms with Crippen LogP contribution in [-0.2, 0) is 11.0 Å². The predicted octanol–water partition coefficient (Wildman–Crippen LogP) is 4.48. The van der Waals surface area contributed by atoms with Gasteiger partial charge in [0.1, 0.15) is 5.69 Å². The highest BCUT2D eigenvalue weighted by molar-refractivity contribution is 6.31. The lowest BCUT2D eigenvalue weighted by atomic mass is 10.1. The smallest absolute Gasteiger partial charge is 0.360 e. The molecule has 2 rings (SSSR count). The van der Waals surface area contributed by atoms with Crippen LogP contribution in [0.5, 0.6) is 0 Å². The number of carbonyl (C=O) groups excluding carboxylic acids is 2. The van der Waals surface area contributed by atoms with Crippen LogP contribution in [0.1, 0.15) is 29.8 Å². The number of nitro groups is 1. The zero-order valence-electron chi connectivity index (χ0n) is 17.3. The fraction of sp³-hybridized carbons (Fsp3) is 0.300. The molecule has 2 amide bonds. The molecule has 0 fully saturated rings. The van der Waals surface area contributed by atoms with Crippen molar-refractivity contribution in [2.45, 2.75) is 26.1 Å². The van der Waals surface area contributed by atoms with Crippen LogP contribution >= 0.6 is 11.6 Å². The lowest BCUT2D eigenvalue weighted by Gasteiger charge is -2.19. The number of likely N-dealkylation sites (N-methyl/N-ethyl adjacent to an activating group) is 1. The quantitative estimate of drug-likeness (QED) is 0.456. The second-order valence-corrected chi connectivity index (χ2v) is 7.59. The minimum absolute atomic E-state index is 0.0540. The minimum Gasteiger partial charge on any atom is -0.360 e. The topological polar surface area (TPSA) is 105 Å². The molecule has 0 saturated heterocycles. The maximum atomic E-state index is 13.0. The van der Waals surface area contributed by atoms with E-state index < -0.39 is 45.7 Å². The van der Waals surface area contributed by atoms with Gasteiger partial charge in [-0.2, -0.15) is 13.2 Å². The van der Waals surface area contributed by atoms with Crippen molar-refractivity contribution in [3.05, 3.63) is 62.7 Å². The van der Waals surface area contributed by atoms with Crippen molar-refractivity contribution in [2.24, 2.45) is 0 Å². The summed E-state index contributed by atoms with van der Waals surface area (Å²) in [6, 6.07) is 6.54. The summed E-state index contributed by atoms with van der Waals surface area (Å²) in [4.78, 5) is 36.5. The SMILES string of the molecule is CC(C)NC(=O)c1ccc(N(C)CC(=O)Nc2ccc(Cl)c(C(F)(F)F)c2)c([N+](=O)[O-])c1. The van der Waals surface area contributed by atoms with Crippen LogP contribution in [0, 0.1) is 10.1 Å². The van der Waals surface area contributed by atoms with Crippen molar-refractivity contribution < 1.29 is 27.7 Å². The summed E-state index contributed by atoms with van der Waals surface area (Å²) in [7, 11) is 1.40. The molecular formula is C20H20ClF3N4O4. The Kier molecular flexibility index (Phi) is 7.68. The molecule has 0 spiro atoms. The number of hydrogen-bond donors (Lipinski definition) is 2. The van der Waals surface area contributed by atoms with Crippen LogP contribution < -0.4 is 15.5 Å². The van der Waals surface area contributed by atoms with Gasteiger partial charge in [0.25, 0.3) is 11.6 Å². The molecule has 0 saturated carbocycles. The number of rotatable bonds is 7. The van der Waals surface area contributed by atoms with Gasteiger partial charge in [-0.3, -0.25) is 19.7 Å². The lowest BCUT2D eigenvalue weighted by Crippen LogP contribution is -2.31. The highest BCUT2D eigenvalue weighted by Crippen LogP contribution is 2.36. The first-order valence-corrected chi connectivity index (χ1v) is 9.64. The molecule has 0 aliphatic rings. The van der Waals surface area contributed by atoms with Crippen molar-refractivity contribution in [2.75, 3.05) is 23.8 Å². The first-order chi connectivity index (χ1) is 14.8. The first kappa shape index (κ1) is 24.9. The Morgan fingerprint density at radius 1 is 1.19 bits per heavy atom. The van der Waals surface area contributed by atoms with Crippen molar-refractivity contribution in [3.63, 3.8) is 0 Å². The number of hydrogen-bond acceptors (Lipinski definition) is 5. The number of nitrogens with zero attached hydrogens (tertiary/aromatic N) is 2. The van der Waals surface area contributed by atoms with Crippen LogP contribution in [-0.4, -0.2) is 36.4 Å². The van der Waals surface area contributed by atoms with E-state index in [-0.39, 0.29) is 23.0 Å². The molecule has 172 valence electrons. The molecule has 32 heavy (non-hydrogen) atoms. The molecule has 0 unspecified atom stereocenters. The van der Waals surface area contributed by atoms with Gasteiger partial charge in [-0.25, -0.2) is 0 Å². The molecule has 2 aromatic carbocycles. The lowest BCUT2D eigenvalue weighted by molar-refractivity contribution is -0.384. The highest BCUT2D eigenvalue weighted by Gasteiger charge is 2.33. The Morgan fingerprint density at radius 3 is 2.41 bits per heavy atom. The van der Waals surface area contributed by atoms with Crippen molar-refractivity contribution in [3.8, 4) is 0 Å². The molecular weight excluding hydrogens is 453 g/mol. The van der Waals surface area contributed by atoms with Gasteiger partial charge < -0.3 is 15.5 Å². The number of benzene rings is 2. The molecule has 0 atom stereocenters. The molecule has 0 radical (unpaired) electrons. The van der Waals surface area contributed by atoms with Gasteiger partial charge in [-0.05, 0) is 44.2 Å². The van der Waals surface area contributed by atoms with E-state index in [1.54, 1.807) is 13.8 Å². The van der Waals surface area contributed by atoms with E-state index in [0.29, 0.717) is 6.07 Å². The number of alkyl halides is 3. The molecule has 0 aliphatic heterocycles. The van der Waals surface area contributed by atoms with Gasteiger partial charge in [-0.1, -0.05) is 11.6 Å². The summed E-state index contributed by atoms with van der Waals surface area (Å²) >= 11 is 5.56. The van der Waals surface area contributed by atoms with Crippen molar-refractivity contribution >= 4 is 40.5 Å². The Labute approximate surface area is 186 Å². The number of halogens is 4. The molecule has 12 heteroatoms. The second-order valence-electron chi connectivity index (χ2n) is 7.19. The predicted molar refractivity (Wildman–Crippen MR) is 114 cm³/mol. The average molecular weight is 473 g/mol. The van der Waals surface area contributed by atoms with Crippen molar-refractivity contribution in [1.29, 1.82) is 0 Å².